The molecule has 2 aromatic carbocycles. The Hall–Kier alpha value is -3.16. The number of fused-ring (bicyclic) bond motifs is 1. The largest absolute Gasteiger partial charge is 0.487 e. The summed E-state index contributed by atoms with van der Waals surface area (Å²) in [6.45, 7) is -0.0659. The van der Waals surface area contributed by atoms with Gasteiger partial charge in [0.1, 0.15) is 36.3 Å². The predicted molar refractivity (Wildman–Crippen MR) is 133 cm³/mol. The van der Waals surface area contributed by atoms with Crippen molar-refractivity contribution >= 4 is 54.6 Å². The molecular weight excluding hydrogens is 499 g/mol. The number of anilines is 2. The zero-order chi connectivity index (χ0) is 24.1. The number of nitrogens with one attached hydrogen (secondary N) is 1. The smallest absolute Gasteiger partial charge is 0.265 e. The molecule has 0 aliphatic carbocycles. The Kier molecular flexibility index (Phi) is 7.34. The highest BCUT2D eigenvalue weighted by molar-refractivity contribution is 7.86. The van der Waals surface area contributed by atoms with Crippen LogP contribution in [0.25, 0.3) is 10.1 Å². The summed E-state index contributed by atoms with van der Waals surface area (Å²) in [5.41, 5.74) is 1.85. The van der Waals surface area contributed by atoms with Gasteiger partial charge in [0.05, 0.1) is 11.3 Å². The minimum atomic E-state index is -3.56. The first-order chi connectivity index (χ1) is 16.3. The number of hydrogen-bond donors (Lipinski definition) is 1. The molecule has 10 heteroatoms. The van der Waals surface area contributed by atoms with Crippen molar-refractivity contribution in [2.45, 2.75) is 6.61 Å². The molecule has 0 saturated heterocycles. The third-order valence-electron chi connectivity index (χ3n) is 4.49. The van der Waals surface area contributed by atoms with E-state index in [1.165, 1.54) is 23.5 Å². The molecule has 0 unspecified atom stereocenters. The van der Waals surface area contributed by atoms with Crippen molar-refractivity contribution in [3.05, 3.63) is 82.1 Å². The lowest BCUT2D eigenvalue weighted by Gasteiger charge is -2.12. The Balaban J connectivity index is 1.51. The molecule has 34 heavy (non-hydrogen) atoms. The number of nitrogens with zero attached hydrogens (tertiary/aromatic N) is 1. The van der Waals surface area contributed by atoms with Gasteiger partial charge in [-0.15, -0.1) is 11.3 Å². The second kappa shape index (κ2) is 10.4. The number of ether oxygens (including phenoxy) is 1. The van der Waals surface area contributed by atoms with Crippen LogP contribution in [0.1, 0.15) is 11.3 Å². The Morgan fingerprint density at radius 1 is 1.18 bits per heavy atom. The average Bonchev–Trinajstić information content (AvgIpc) is 3.25. The minimum absolute atomic E-state index is 0.186. The molecule has 1 N–H and O–H groups in total. The molecule has 4 rings (SSSR count). The number of thiophene rings is 1. The summed E-state index contributed by atoms with van der Waals surface area (Å²) in [7, 11) is -3.56. The number of benzene rings is 2. The van der Waals surface area contributed by atoms with E-state index in [-0.39, 0.29) is 19.0 Å². The topological polar surface area (TPSA) is 77.5 Å². The quantitative estimate of drug-likeness (QED) is 0.249. The number of aromatic nitrogens is 1. The third-order valence-corrected chi connectivity index (χ3v) is 6.20. The first kappa shape index (κ1) is 24.0. The lowest BCUT2D eigenvalue weighted by molar-refractivity contribution is 0.306. The van der Waals surface area contributed by atoms with E-state index in [2.05, 4.69) is 26.3 Å². The van der Waals surface area contributed by atoms with Gasteiger partial charge in [-0.1, -0.05) is 29.7 Å². The first-order valence-corrected chi connectivity index (χ1v) is 13.0. The summed E-state index contributed by atoms with van der Waals surface area (Å²) in [6, 6.07) is 15.2. The Bertz CT molecular complexity index is 1510. The molecule has 0 amide bonds. The molecule has 2 aromatic heterocycles. The molecular formula is C24H18ClFN2O4S2. The van der Waals surface area contributed by atoms with E-state index in [0.717, 1.165) is 16.3 Å². The normalized spacial score (nSPS) is 11.1. The van der Waals surface area contributed by atoms with Crippen molar-refractivity contribution < 1.29 is 21.7 Å². The van der Waals surface area contributed by atoms with E-state index in [1.807, 2.05) is 17.5 Å². The number of hydrogen-bond acceptors (Lipinski definition) is 7. The molecule has 4 aromatic rings. The second-order valence-electron chi connectivity index (χ2n) is 7.15. The van der Waals surface area contributed by atoms with E-state index in [9.17, 15) is 12.8 Å². The van der Waals surface area contributed by atoms with Gasteiger partial charge in [-0.3, -0.25) is 4.18 Å². The highest BCUT2D eigenvalue weighted by Gasteiger charge is 2.10. The maximum atomic E-state index is 13.3. The molecule has 0 fully saturated rings. The summed E-state index contributed by atoms with van der Waals surface area (Å²) in [6.07, 6.45) is 0.968. The lowest BCUT2D eigenvalue weighted by atomic mass is 10.2. The van der Waals surface area contributed by atoms with E-state index in [4.69, 9.17) is 16.3 Å². The highest BCUT2D eigenvalue weighted by atomic mass is 35.5. The van der Waals surface area contributed by atoms with Crippen LogP contribution in [0, 0.1) is 17.7 Å². The van der Waals surface area contributed by atoms with Crippen LogP contribution in [-0.4, -0.2) is 26.3 Å². The van der Waals surface area contributed by atoms with Crippen LogP contribution in [0.2, 0.25) is 5.02 Å². The minimum Gasteiger partial charge on any atom is -0.487 e. The monoisotopic (exact) mass is 516 g/mol. The molecule has 0 atom stereocenters. The van der Waals surface area contributed by atoms with Crippen molar-refractivity contribution in [3.63, 3.8) is 0 Å². The zero-order valence-electron chi connectivity index (χ0n) is 17.8. The SMILES string of the molecule is CS(=O)(=O)OCC#Cc1cc2sccc2c(Nc2ccc(OCc3cccc(F)c3)c(Cl)c2)n1. The molecule has 0 bridgehead atoms. The Morgan fingerprint density at radius 3 is 2.79 bits per heavy atom. The second-order valence-corrected chi connectivity index (χ2v) is 10.1. The number of pyridine rings is 1. The summed E-state index contributed by atoms with van der Waals surface area (Å²) in [5.74, 6) is 6.20. The van der Waals surface area contributed by atoms with Gasteiger partial charge in [0.15, 0.2) is 0 Å². The molecule has 174 valence electrons. The van der Waals surface area contributed by atoms with Crippen LogP contribution in [-0.2, 0) is 20.9 Å². The molecule has 0 spiro atoms. The molecule has 6 nitrogen and oxygen atoms in total. The van der Waals surface area contributed by atoms with E-state index in [0.29, 0.717) is 33.5 Å². The van der Waals surface area contributed by atoms with Crippen molar-refractivity contribution in [2.24, 2.45) is 0 Å². The highest BCUT2D eigenvalue weighted by Crippen LogP contribution is 2.33. The summed E-state index contributed by atoms with van der Waals surface area (Å²) in [5, 5.41) is 6.48. The standard InChI is InChI=1S/C24H18ClFN2O4S2/c1-34(29,30)32-10-3-6-18-14-23-20(9-11-33-23)24(27-18)28-19-7-8-22(21(25)13-19)31-15-16-4-2-5-17(26)12-16/h2,4-5,7-9,11-14H,10,15H2,1H3,(H,27,28). The Labute approximate surface area is 205 Å². The lowest BCUT2D eigenvalue weighted by Crippen LogP contribution is -2.02. The van der Waals surface area contributed by atoms with Gasteiger partial charge in [-0.2, -0.15) is 8.42 Å². The molecule has 2 heterocycles. The first-order valence-electron chi connectivity index (χ1n) is 9.92. The summed E-state index contributed by atoms with van der Waals surface area (Å²) < 4.78 is 46.8. The van der Waals surface area contributed by atoms with Gasteiger partial charge in [0, 0.05) is 15.8 Å². The fourth-order valence-electron chi connectivity index (χ4n) is 3.01. The average molecular weight is 517 g/mol. The van der Waals surface area contributed by atoms with Crippen molar-refractivity contribution in [1.82, 2.24) is 4.98 Å². The van der Waals surface area contributed by atoms with Crippen LogP contribution in [0.15, 0.2) is 60.0 Å². The van der Waals surface area contributed by atoms with Gasteiger partial charge in [0.2, 0.25) is 0 Å². The van der Waals surface area contributed by atoms with Crippen molar-refractivity contribution in [3.8, 4) is 17.6 Å². The molecule has 0 radical (unpaired) electrons. The zero-order valence-corrected chi connectivity index (χ0v) is 20.2. The fraction of sp³-hybridized carbons (Fsp3) is 0.125. The van der Waals surface area contributed by atoms with Gasteiger partial charge < -0.3 is 10.1 Å². The van der Waals surface area contributed by atoms with Gasteiger partial charge >= 0.3 is 0 Å². The maximum absolute atomic E-state index is 13.3. The van der Waals surface area contributed by atoms with E-state index >= 15 is 0 Å². The van der Waals surface area contributed by atoms with Crippen molar-refractivity contribution in [2.75, 3.05) is 18.2 Å². The molecule has 0 aliphatic rings. The van der Waals surface area contributed by atoms with Crippen LogP contribution < -0.4 is 10.1 Å². The maximum Gasteiger partial charge on any atom is 0.265 e. The van der Waals surface area contributed by atoms with Gasteiger partial charge in [-0.05, 0) is 59.3 Å². The van der Waals surface area contributed by atoms with Gasteiger partial charge in [-0.25, -0.2) is 9.37 Å². The molecule has 0 aliphatic heterocycles. The Morgan fingerprint density at radius 2 is 2.03 bits per heavy atom. The van der Waals surface area contributed by atoms with Crippen LogP contribution in [0.4, 0.5) is 15.9 Å². The number of rotatable bonds is 7. The van der Waals surface area contributed by atoms with Gasteiger partial charge in [0.25, 0.3) is 10.1 Å². The van der Waals surface area contributed by atoms with Crippen LogP contribution >= 0.6 is 22.9 Å². The van der Waals surface area contributed by atoms with E-state index in [1.54, 1.807) is 30.3 Å². The third kappa shape index (κ3) is 6.46. The summed E-state index contributed by atoms with van der Waals surface area (Å²) in [4.78, 5) is 4.55. The van der Waals surface area contributed by atoms with Crippen LogP contribution in [0.5, 0.6) is 5.75 Å². The number of halogens is 2. The van der Waals surface area contributed by atoms with E-state index < -0.39 is 10.1 Å². The van der Waals surface area contributed by atoms with Crippen molar-refractivity contribution in [1.29, 1.82) is 0 Å². The predicted octanol–water partition coefficient (Wildman–Crippen LogP) is 5.74. The summed E-state index contributed by atoms with van der Waals surface area (Å²) >= 11 is 7.93. The molecule has 0 saturated carbocycles. The van der Waals surface area contributed by atoms with Crippen LogP contribution in [0.3, 0.4) is 0 Å². The fourth-order valence-corrected chi connectivity index (χ4v) is 4.34.